The molecular formula is C11H8BrFN2O3. The number of hydrogen-bond acceptors (Lipinski definition) is 5. The van der Waals surface area contributed by atoms with Crippen LogP contribution in [0, 0.1) is 12.7 Å². The van der Waals surface area contributed by atoms with Crippen LogP contribution in [0.4, 0.5) is 4.39 Å². The summed E-state index contributed by atoms with van der Waals surface area (Å²) in [6.45, 7) is 1.80. The Kier molecular flexibility index (Phi) is 3.42. The fourth-order valence-corrected chi connectivity index (χ4v) is 1.65. The van der Waals surface area contributed by atoms with Crippen LogP contribution in [0.3, 0.4) is 0 Å². The first-order chi connectivity index (χ1) is 8.52. The first-order valence-corrected chi connectivity index (χ1v) is 5.70. The SMILES string of the molecule is COC(=O)c1nc(-c2cc(C)c(Br)cc2F)no1. The van der Waals surface area contributed by atoms with Gasteiger partial charge in [-0.2, -0.15) is 4.98 Å². The Bertz CT molecular complexity index is 612. The minimum absolute atomic E-state index is 0.00324. The Morgan fingerprint density at radius 2 is 2.22 bits per heavy atom. The van der Waals surface area contributed by atoms with Gasteiger partial charge in [0.1, 0.15) is 5.82 Å². The number of aryl methyl sites for hydroxylation is 1. The molecule has 0 atom stereocenters. The topological polar surface area (TPSA) is 65.2 Å². The van der Waals surface area contributed by atoms with Crippen LogP contribution < -0.4 is 0 Å². The third kappa shape index (κ3) is 2.26. The fraction of sp³-hybridized carbons (Fsp3) is 0.182. The molecule has 0 fully saturated rings. The molecule has 94 valence electrons. The number of nitrogens with zero attached hydrogens (tertiary/aromatic N) is 2. The van der Waals surface area contributed by atoms with Crippen molar-refractivity contribution in [1.29, 1.82) is 0 Å². The molecule has 0 saturated heterocycles. The highest BCUT2D eigenvalue weighted by atomic mass is 79.9. The van der Waals surface area contributed by atoms with E-state index in [9.17, 15) is 9.18 Å². The van der Waals surface area contributed by atoms with Gasteiger partial charge in [0.2, 0.25) is 5.82 Å². The standard InChI is InChI=1S/C11H8BrFN2O3/c1-5-3-6(8(13)4-7(5)12)9-14-10(18-15-9)11(16)17-2/h3-4H,1-2H3. The van der Waals surface area contributed by atoms with Gasteiger partial charge < -0.3 is 9.26 Å². The highest BCUT2D eigenvalue weighted by molar-refractivity contribution is 9.10. The van der Waals surface area contributed by atoms with Crippen molar-refractivity contribution in [3.8, 4) is 11.4 Å². The summed E-state index contributed by atoms with van der Waals surface area (Å²) < 4.78 is 23.5. The summed E-state index contributed by atoms with van der Waals surface area (Å²) >= 11 is 3.21. The lowest BCUT2D eigenvalue weighted by atomic mass is 10.1. The van der Waals surface area contributed by atoms with Gasteiger partial charge in [-0.1, -0.05) is 21.1 Å². The van der Waals surface area contributed by atoms with E-state index in [0.29, 0.717) is 4.47 Å². The zero-order valence-electron chi connectivity index (χ0n) is 9.53. The Hall–Kier alpha value is -1.76. The summed E-state index contributed by atoms with van der Waals surface area (Å²) in [5.41, 5.74) is 0.977. The van der Waals surface area contributed by atoms with Crippen molar-refractivity contribution in [3.63, 3.8) is 0 Å². The Morgan fingerprint density at radius 3 is 2.89 bits per heavy atom. The quantitative estimate of drug-likeness (QED) is 0.797. The highest BCUT2D eigenvalue weighted by Gasteiger charge is 2.19. The van der Waals surface area contributed by atoms with Gasteiger partial charge in [-0.15, -0.1) is 0 Å². The number of rotatable bonds is 2. The lowest BCUT2D eigenvalue weighted by molar-refractivity contribution is 0.0545. The van der Waals surface area contributed by atoms with E-state index in [1.54, 1.807) is 13.0 Å². The van der Waals surface area contributed by atoms with Crippen LogP contribution in [-0.4, -0.2) is 23.2 Å². The maximum absolute atomic E-state index is 13.7. The molecule has 1 heterocycles. The number of hydrogen-bond donors (Lipinski definition) is 0. The van der Waals surface area contributed by atoms with Gasteiger partial charge >= 0.3 is 11.9 Å². The van der Waals surface area contributed by atoms with E-state index in [2.05, 4.69) is 35.3 Å². The number of ether oxygens (including phenoxy) is 1. The first-order valence-electron chi connectivity index (χ1n) is 4.91. The molecule has 2 rings (SSSR count). The van der Waals surface area contributed by atoms with E-state index in [-0.39, 0.29) is 17.3 Å². The van der Waals surface area contributed by atoms with Crippen molar-refractivity contribution >= 4 is 21.9 Å². The van der Waals surface area contributed by atoms with E-state index in [1.165, 1.54) is 13.2 Å². The van der Waals surface area contributed by atoms with Crippen LogP contribution in [-0.2, 0) is 4.74 Å². The van der Waals surface area contributed by atoms with E-state index in [0.717, 1.165) is 5.56 Å². The largest absolute Gasteiger partial charge is 0.462 e. The van der Waals surface area contributed by atoms with Gasteiger partial charge in [-0.3, -0.25) is 0 Å². The van der Waals surface area contributed by atoms with E-state index in [4.69, 9.17) is 0 Å². The maximum atomic E-state index is 13.7. The molecule has 5 nitrogen and oxygen atoms in total. The minimum atomic E-state index is -0.761. The zero-order valence-corrected chi connectivity index (χ0v) is 11.1. The predicted molar refractivity (Wildman–Crippen MR) is 63.5 cm³/mol. The summed E-state index contributed by atoms with van der Waals surface area (Å²) in [4.78, 5) is 14.9. The lowest BCUT2D eigenvalue weighted by Gasteiger charge is -2.02. The van der Waals surface area contributed by atoms with Crippen molar-refractivity contribution in [2.75, 3.05) is 7.11 Å². The summed E-state index contributed by atoms with van der Waals surface area (Å²) in [6.07, 6.45) is 0. The van der Waals surface area contributed by atoms with Gasteiger partial charge in [0.05, 0.1) is 12.7 Å². The molecule has 7 heteroatoms. The summed E-state index contributed by atoms with van der Waals surface area (Å²) in [6, 6.07) is 2.87. The lowest BCUT2D eigenvalue weighted by Crippen LogP contribution is -2.01. The monoisotopic (exact) mass is 314 g/mol. The van der Waals surface area contributed by atoms with E-state index in [1.807, 2.05) is 0 Å². The normalized spacial score (nSPS) is 10.4. The average molecular weight is 315 g/mol. The van der Waals surface area contributed by atoms with Crippen molar-refractivity contribution in [2.24, 2.45) is 0 Å². The molecule has 0 N–H and O–H groups in total. The van der Waals surface area contributed by atoms with Crippen LogP contribution in [0.15, 0.2) is 21.1 Å². The fourth-order valence-electron chi connectivity index (χ4n) is 1.33. The van der Waals surface area contributed by atoms with Gasteiger partial charge in [-0.25, -0.2) is 9.18 Å². The Labute approximate surface area is 110 Å². The van der Waals surface area contributed by atoms with Gasteiger partial charge in [0, 0.05) is 4.47 Å². The second-order valence-corrected chi connectivity index (χ2v) is 4.35. The van der Waals surface area contributed by atoms with Gasteiger partial charge in [0.25, 0.3) is 0 Å². The smallest absolute Gasteiger partial charge is 0.397 e. The first kappa shape index (κ1) is 12.7. The highest BCUT2D eigenvalue weighted by Crippen LogP contribution is 2.26. The summed E-state index contributed by atoms with van der Waals surface area (Å²) in [7, 11) is 1.19. The number of aromatic nitrogens is 2. The molecule has 0 amide bonds. The molecule has 1 aromatic heterocycles. The van der Waals surface area contributed by atoms with Crippen molar-refractivity contribution < 1.29 is 18.4 Å². The second-order valence-electron chi connectivity index (χ2n) is 3.50. The van der Waals surface area contributed by atoms with Crippen LogP contribution in [0.25, 0.3) is 11.4 Å². The molecule has 0 aliphatic carbocycles. The van der Waals surface area contributed by atoms with Crippen LogP contribution in [0.1, 0.15) is 16.2 Å². The summed E-state index contributed by atoms with van der Waals surface area (Å²) in [5.74, 6) is -1.58. The number of esters is 1. The zero-order chi connectivity index (χ0) is 13.3. The molecule has 0 unspecified atom stereocenters. The third-order valence-electron chi connectivity index (χ3n) is 2.28. The van der Waals surface area contributed by atoms with Crippen molar-refractivity contribution in [1.82, 2.24) is 10.1 Å². The van der Waals surface area contributed by atoms with Crippen LogP contribution in [0.5, 0.6) is 0 Å². The molecule has 0 aliphatic rings. The number of methoxy groups -OCH3 is 1. The van der Waals surface area contributed by atoms with E-state index < -0.39 is 11.8 Å². The van der Waals surface area contributed by atoms with Gasteiger partial charge in [0.15, 0.2) is 0 Å². The van der Waals surface area contributed by atoms with Crippen molar-refractivity contribution in [2.45, 2.75) is 6.92 Å². The number of carbonyl (C=O) groups is 1. The van der Waals surface area contributed by atoms with Crippen LogP contribution >= 0.6 is 15.9 Å². The number of carbonyl (C=O) groups excluding carboxylic acids is 1. The molecule has 0 saturated carbocycles. The molecule has 0 radical (unpaired) electrons. The summed E-state index contributed by atoms with van der Waals surface area (Å²) in [5, 5.41) is 3.54. The second kappa shape index (κ2) is 4.85. The predicted octanol–water partition coefficient (Wildman–Crippen LogP) is 2.73. The average Bonchev–Trinajstić information content (AvgIpc) is 2.82. The maximum Gasteiger partial charge on any atom is 0.397 e. The van der Waals surface area contributed by atoms with E-state index >= 15 is 0 Å². The molecule has 18 heavy (non-hydrogen) atoms. The molecule has 1 aromatic carbocycles. The van der Waals surface area contributed by atoms with Gasteiger partial charge in [-0.05, 0) is 24.6 Å². The molecule has 0 bridgehead atoms. The number of halogens is 2. The third-order valence-corrected chi connectivity index (χ3v) is 3.13. The molecule has 0 aliphatic heterocycles. The van der Waals surface area contributed by atoms with Crippen LogP contribution in [0.2, 0.25) is 0 Å². The van der Waals surface area contributed by atoms with Crippen molar-refractivity contribution in [3.05, 3.63) is 33.9 Å². The molecular weight excluding hydrogens is 307 g/mol. The Balaban J connectivity index is 2.46. The molecule has 2 aromatic rings. The number of benzene rings is 1. The molecule has 0 spiro atoms. The Morgan fingerprint density at radius 1 is 1.50 bits per heavy atom. The minimum Gasteiger partial charge on any atom is -0.462 e.